The number of rotatable bonds is 11. The Morgan fingerprint density at radius 1 is 1.28 bits per heavy atom. The minimum Gasteiger partial charge on any atom is -0.352 e. The lowest BCUT2D eigenvalue weighted by molar-refractivity contribution is 0.0946. The van der Waals surface area contributed by atoms with Gasteiger partial charge in [0.05, 0.1) is 18.5 Å². The summed E-state index contributed by atoms with van der Waals surface area (Å²) in [6, 6.07) is 6.60. The molecule has 0 radical (unpaired) electrons. The topological polar surface area (TPSA) is 66.5 Å². The molecule has 1 N–H and O–H groups in total. The van der Waals surface area contributed by atoms with Crippen LogP contribution >= 0.6 is 0 Å². The molecule has 1 atom stereocenters. The van der Waals surface area contributed by atoms with Gasteiger partial charge in [0.25, 0.3) is 5.91 Å². The Balaban J connectivity index is 2.74. The van der Waals surface area contributed by atoms with Gasteiger partial charge in [0.2, 0.25) is 10.0 Å². The molecule has 0 saturated carbocycles. The maximum atomic E-state index is 12.3. The number of nitrogens with one attached hydrogen (secondary N) is 1. The second-order valence-corrected chi connectivity index (χ2v) is 8.16. The number of amides is 1. The minimum atomic E-state index is -3.39. The third-order valence-electron chi connectivity index (χ3n) is 4.21. The molecular weight excluding hydrogens is 336 g/mol. The predicted molar refractivity (Wildman–Crippen MR) is 104 cm³/mol. The molecule has 0 aliphatic carbocycles. The average molecular weight is 367 g/mol. The molecule has 1 aromatic carbocycles. The van der Waals surface area contributed by atoms with Crippen LogP contribution in [0.5, 0.6) is 0 Å². The lowest BCUT2D eigenvalue weighted by atomic mass is 9.99. The summed E-state index contributed by atoms with van der Waals surface area (Å²) in [5, 5.41) is 2.98. The van der Waals surface area contributed by atoms with E-state index < -0.39 is 10.0 Å². The lowest BCUT2D eigenvalue weighted by Gasteiger charge is -2.21. The van der Waals surface area contributed by atoms with Gasteiger partial charge in [-0.3, -0.25) is 9.10 Å². The second kappa shape index (κ2) is 10.2. The van der Waals surface area contributed by atoms with E-state index in [1.54, 1.807) is 24.3 Å². The van der Waals surface area contributed by atoms with Crippen molar-refractivity contribution in [1.82, 2.24) is 5.32 Å². The highest BCUT2D eigenvalue weighted by atomic mass is 32.2. The van der Waals surface area contributed by atoms with Crippen LogP contribution in [0.25, 0.3) is 0 Å². The Morgan fingerprint density at radius 2 is 1.92 bits per heavy atom. The van der Waals surface area contributed by atoms with Crippen molar-refractivity contribution in [2.75, 3.05) is 23.7 Å². The summed E-state index contributed by atoms with van der Waals surface area (Å²) < 4.78 is 24.9. The Bertz CT molecular complexity index is 654. The van der Waals surface area contributed by atoms with E-state index in [1.807, 2.05) is 0 Å². The summed E-state index contributed by atoms with van der Waals surface area (Å²) >= 11 is 0. The van der Waals surface area contributed by atoms with Gasteiger partial charge in [-0.1, -0.05) is 39.2 Å². The second-order valence-electron chi connectivity index (χ2n) is 6.26. The molecule has 0 saturated heterocycles. The number of anilines is 1. The summed E-state index contributed by atoms with van der Waals surface area (Å²) in [5.74, 6) is 0.368. The number of benzene rings is 1. The predicted octanol–water partition coefficient (Wildman–Crippen LogP) is 3.58. The van der Waals surface area contributed by atoms with E-state index >= 15 is 0 Å². The van der Waals surface area contributed by atoms with E-state index in [2.05, 4.69) is 25.7 Å². The van der Waals surface area contributed by atoms with E-state index in [9.17, 15) is 13.2 Å². The largest absolute Gasteiger partial charge is 0.352 e. The number of hydrogen-bond donors (Lipinski definition) is 1. The molecule has 0 spiro atoms. The van der Waals surface area contributed by atoms with Crippen LogP contribution in [0.2, 0.25) is 0 Å². The van der Waals surface area contributed by atoms with Crippen molar-refractivity contribution in [1.29, 1.82) is 0 Å². The first kappa shape index (κ1) is 21.2. The third kappa shape index (κ3) is 6.90. The highest BCUT2D eigenvalue weighted by molar-refractivity contribution is 7.92. The number of carbonyl (C=O) groups excluding carboxylic acids is 1. The summed E-state index contributed by atoms with van der Waals surface area (Å²) in [6.07, 6.45) is 7.18. The smallest absolute Gasteiger partial charge is 0.251 e. The van der Waals surface area contributed by atoms with Gasteiger partial charge in [-0.05, 0) is 36.6 Å². The molecule has 0 fully saturated rings. The molecule has 140 valence electrons. The molecule has 0 aliphatic rings. The summed E-state index contributed by atoms with van der Waals surface area (Å²) in [4.78, 5) is 12.3. The molecule has 25 heavy (non-hydrogen) atoms. The van der Waals surface area contributed by atoms with Crippen molar-refractivity contribution in [2.45, 2.75) is 39.5 Å². The molecule has 1 rings (SSSR count). The van der Waals surface area contributed by atoms with Gasteiger partial charge < -0.3 is 5.32 Å². The summed E-state index contributed by atoms with van der Waals surface area (Å²) in [5.41, 5.74) is 1.05. The first-order valence-corrected chi connectivity index (χ1v) is 10.6. The SMILES string of the molecule is C=CCN(c1ccc(C(=O)NCC(CC)CCCC)cc1)S(C)(=O)=O. The van der Waals surface area contributed by atoms with Gasteiger partial charge in [-0.2, -0.15) is 0 Å². The number of unbranched alkanes of at least 4 members (excludes halogenated alkanes) is 1. The number of carbonyl (C=O) groups is 1. The molecule has 1 aromatic rings. The zero-order chi connectivity index (χ0) is 18.9. The monoisotopic (exact) mass is 366 g/mol. The molecule has 0 bridgehead atoms. The zero-order valence-corrected chi connectivity index (χ0v) is 16.3. The van der Waals surface area contributed by atoms with E-state index in [0.717, 1.165) is 25.5 Å². The van der Waals surface area contributed by atoms with Gasteiger partial charge in [0.1, 0.15) is 0 Å². The quantitative estimate of drug-likeness (QED) is 0.609. The maximum absolute atomic E-state index is 12.3. The fourth-order valence-electron chi connectivity index (χ4n) is 2.61. The van der Waals surface area contributed by atoms with Gasteiger partial charge in [0, 0.05) is 12.1 Å². The van der Waals surface area contributed by atoms with Gasteiger partial charge in [-0.25, -0.2) is 8.42 Å². The lowest BCUT2D eigenvalue weighted by Crippen LogP contribution is -2.30. The van der Waals surface area contributed by atoms with Crippen molar-refractivity contribution in [3.63, 3.8) is 0 Å². The van der Waals surface area contributed by atoms with Crippen LogP contribution in [0.3, 0.4) is 0 Å². The van der Waals surface area contributed by atoms with E-state index in [1.165, 1.54) is 16.8 Å². The van der Waals surface area contributed by atoms with Crippen LogP contribution in [0.4, 0.5) is 5.69 Å². The third-order valence-corrected chi connectivity index (χ3v) is 5.37. The molecule has 0 heterocycles. The molecule has 0 aliphatic heterocycles. The Kier molecular flexibility index (Phi) is 8.69. The first-order chi connectivity index (χ1) is 11.8. The molecule has 5 nitrogen and oxygen atoms in total. The minimum absolute atomic E-state index is 0.129. The molecular formula is C19H30N2O3S. The van der Waals surface area contributed by atoms with Crippen LogP contribution in [-0.2, 0) is 10.0 Å². The summed E-state index contributed by atoms with van der Waals surface area (Å²) in [7, 11) is -3.39. The molecule has 6 heteroatoms. The van der Waals surface area contributed by atoms with Crippen molar-refractivity contribution in [2.24, 2.45) is 5.92 Å². The Hall–Kier alpha value is -1.82. The Labute approximate surface area is 152 Å². The van der Waals surface area contributed by atoms with Crippen LogP contribution in [0.1, 0.15) is 49.9 Å². The summed E-state index contributed by atoms with van der Waals surface area (Å²) in [6.45, 7) is 8.75. The molecule has 0 aromatic heterocycles. The standard InChI is InChI=1S/C19H30N2O3S/c1-5-8-9-16(7-3)15-20-19(22)17-10-12-18(13-11-17)21(14-6-2)25(4,23)24/h6,10-13,16H,2,5,7-9,14-15H2,1,3-4H3,(H,20,22). The van der Waals surface area contributed by atoms with E-state index in [-0.39, 0.29) is 12.5 Å². The van der Waals surface area contributed by atoms with Crippen molar-refractivity contribution in [3.8, 4) is 0 Å². The van der Waals surface area contributed by atoms with Gasteiger partial charge in [0.15, 0.2) is 0 Å². The van der Waals surface area contributed by atoms with Crippen LogP contribution in [0, 0.1) is 5.92 Å². The molecule has 1 unspecified atom stereocenters. The molecule has 1 amide bonds. The van der Waals surface area contributed by atoms with Crippen molar-refractivity contribution >= 4 is 21.6 Å². The van der Waals surface area contributed by atoms with Crippen LogP contribution in [0.15, 0.2) is 36.9 Å². The van der Waals surface area contributed by atoms with Crippen LogP contribution < -0.4 is 9.62 Å². The highest BCUT2D eigenvalue weighted by Crippen LogP contribution is 2.18. The van der Waals surface area contributed by atoms with Crippen molar-refractivity contribution < 1.29 is 13.2 Å². The van der Waals surface area contributed by atoms with Gasteiger partial charge >= 0.3 is 0 Å². The van der Waals surface area contributed by atoms with E-state index in [0.29, 0.717) is 23.7 Å². The van der Waals surface area contributed by atoms with Crippen LogP contribution in [-0.4, -0.2) is 33.7 Å². The average Bonchev–Trinajstić information content (AvgIpc) is 2.59. The zero-order valence-electron chi connectivity index (χ0n) is 15.5. The van der Waals surface area contributed by atoms with Crippen molar-refractivity contribution in [3.05, 3.63) is 42.5 Å². The van der Waals surface area contributed by atoms with Gasteiger partial charge in [-0.15, -0.1) is 6.58 Å². The Morgan fingerprint density at radius 3 is 2.40 bits per heavy atom. The normalized spacial score (nSPS) is 12.4. The number of nitrogens with zero attached hydrogens (tertiary/aromatic N) is 1. The fourth-order valence-corrected chi connectivity index (χ4v) is 3.49. The highest BCUT2D eigenvalue weighted by Gasteiger charge is 2.16. The number of sulfonamides is 1. The first-order valence-electron chi connectivity index (χ1n) is 8.80. The fraction of sp³-hybridized carbons (Fsp3) is 0.526. The number of hydrogen-bond acceptors (Lipinski definition) is 3. The van der Waals surface area contributed by atoms with E-state index in [4.69, 9.17) is 0 Å². The maximum Gasteiger partial charge on any atom is 0.251 e.